The van der Waals surface area contributed by atoms with E-state index in [0.29, 0.717) is 0 Å². The maximum atomic E-state index is 11.6. The summed E-state index contributed by atoms with van der Waals surface area (Å²) >= 11 is 4.01. The third-order valence-corrected chi connectivity index (χ3v) is 10.4. The van der Waals surface area contributed by atoms with Gasteiger partial charge in [0.1, 0.15) is 16.5 Å². The van der Waals surface area contributed by atoms with Gasteiger partial charge in [-0.25, -0.2) is 0 Å². The molecule has 17 heavy (non-hydrogen) atoms. The molecule has 0 aromatic rings. The number of allylic oxidation sites excluding steroid dienone is 1. The van der Waals surface area contributed by atoms with Crippen LogP contribution in [-0.2, 0) is 4.79 Å². The van der Waals surface area contributed by atoms with E-state index in [2.05, 4.69) is 63.1 Å². The van der Waals surface area contributed by atoms with Crippen LogP contribution < -0.4 is 0 Å². The minimum Gasteiger partial charge on any atom is -0.428 e. The highest BCUT2D eigenvalue weighted by Gasteiger charge is 2.35. The van der Waals surface area contributed by atoms with Crippen molar-refractivity contribution in [3.8, 4) is 0 Å². The van der Waals surface area contributed by atoms with Crippen LogP contribution in [-0.4, -0.2) is 25.8 Å². The van der Waals surface area contributed by atoms with Gasteiger partial charge in [0.05, 0.1) is 0 Å². The molecule has 0 heterocycles. The van der Waals surface area contributed by atoms with Crippen molar-refractivity contribution < 1.29 is 4.79 Å². The van der Waals surface area contributed by atoms with Crippen LogP contribution in [0.4, 0.5) is 0 Å². The molecule has 0 bridgehead atoms. The number of rotatable bonds is 5. The summed E-state index contributed by atoms with van der Waals surface area (Å²) in [7, 11) is -2.92. The Morgan fingerprint density at radius 3 is 1.59 bits per heavy atom. The second kappa shape index (κ2) is 5.76. The van der Waals surface area contributed by atoms with Crippen LogP contribution in [0.15, 0.2) is 11.3 Å². The van der Waals surface area contributed by atoms with E-state index in [0.717, 1.165) is 17.7 Å². The second-order valence-corrected chi connectivity index (χ2v) is 16.8. The standard InChI is InChI=1S/C12H27NOSSi2/c1-9-11(12(14)15)10(2)13(16(3,4)5)17(6,7)8/h9H2,1-8H3,(H,14,15)/b11-10-. The lowest BCUT2D eigenvalue weighted by molar-refractivity contribution is -0.107. The van der Waals surface area contributed by atoms with Crippen LogP contribution in [0, 0.1) is 0 Å². The van der Waals surface area contributed by atoms with E-state index in [1.54, 1.807) is 0 Å². The fourth-order valence-electron chi connectivity index (χ4n) is 2.71. The predicted octanol–water partition coefficient (Wildman–Crippen LogP) is 4.10. The van der Waals surface area contributed by atoms with E-state index in [9.17, 15) is 4.79 Å². The van der Waals surface area contributed by atoms with Gasteiger partial charge >= 0.3 is 0 Å². The summed E-state index contributed by atoms with van der Waals surface area (Å²) in [6.07, 6.45) is 0.764. The molecule has 0 radical (unpaired) electrons. The van der Waals surface area contributed by atoms with Crippen molar-refractivity contribution in [2.24, 2.45) is 0 Å². The summed E-state index contributed by atoms with van der Waals surface area (Å²) in [5, 5.41) is -0.0773. The van der Waals surface area contributed by atoms with E-state index in [1.165, 1.54) is 0 Å². The first-order valence-corrected chi connectivity index (χ1v) is 13.5. The zero-order chi connectivity index (χ0) is 14.0. The van der Waals surface area contributed by atoms with Crippen LogP contribution >= 0.6 is 12.6 Å². The average Bonchev–Trinajstić information content (AvgIpc) is 1.97. The van der Waals surface area contributed by atoms with Crippen LogP contribution in [0.1, 0.15) is 20.3 Å². The minimum atomic E-state index is -1.46. The summed E-state index contributed by atoms with van der Waals surface area (Å²) in [6, 6.07) is 0. The van der Waals surface area contributed by atoms with E-state index >= 15 is 0 Å². The van der Waals surface area contributed by atoms with E-state index in [4.69, 9.17) is 0 Å². The van der Waals surface area contributed by atoms with E-state index in [1.807, 2.05) is 6.92 Å². The Morgan fingerprint density at radius 2 is 1.41 bits per heavy atom. The van der Waals surface area contributed by atoms with Crippen LogP contribution in [0.5, 0.6) is 0 Å². The maximum Gasteiger partial charge on any atom is 0.213 e. The van der Waals surface area contributed by atoms with Gasteiger partial charge in [0.2, 0.25) is 5.12 Å². The Bertz CT molecular complexity index is 312. The van der Waals surface area contributed by atoms with Gasteiger partial charge in [0.25, 0.3) is 0 Å². The summed E-state index contributed by atoms with van der Waals surface area (Å²) in [5.74, 6) is 0. The number of nitrogens with zero attached hydrogens (tertiary/aromatic N) is 1. The van der Waals surface area contributed by atoms with Crippen LogP contribution in [0.2, 0.25) is 39.3 Å². The van der Waals surface area contributed by atoms with Crippen molar-refractivity contribution >= 4 is 34.2 Å². The highest BCUT2D eigenvalue weighted by molar-refractivity contribution is 7.97. The second-order valence-electron chi connectivity index (χ2n) is 6.40. The van der Waals surface area contributed by atoms with Crippen molar-refractivity contribution in [1.29, 1.82) is 0 Å². The van der Waals surface area contributed by atoms with Gasteiger partial charge in [-0.15, -0.1) is 12.6 Å². The summed E-state index contributed by atoms with van der Waals surface area (Å²) < 4.78 is 2.58. The van der Waals surface area contributed by atoms with Gasteiger partial charge in [0.15, 0.2) is 0 Å². The molecule has 2 nitrogen and oxygen atoms in total. The molecule has 0 fully saturated rings. The molecule has 100 valence electrons. The third kappa shape index (κ3) is 4.64. The van der Waals surface area contributed by atoms with Crippen LogP contribution in [0.25, 0.3) is 0 Å². The smallest absolute Gasteiger partial charge is 0.213 e. The quantitative estimate of drug-likeness (QED) is 0.467. The molecule has 0 saturated heterocycles. The molecule has 0 unspecified atom stereocenters. The Kier molecular flexibility index (Phi) is 5.75. The Morgan fingerprint density at radius 1 is 1.06 bits per heavy atom. The lowest BCUT2D eigenvalue weighted by Crippen LogP contribution is -2.58. The molecule has 0 aromatic heterocycles. The molecule has 0 amide bonds. The van der Waals surface area contributed by atoms with Gasteiger partial charge in [-0.05, 0) is 13.3 Å². The Hall–Kier alpha value is -0.00623. The molecule has 0 aliphatic carbocycles. The fraction of sp³-hybridized carbons (Fsp3) is 0.750. The number of carbonyl (C=O) groups excluding carboxylic acids is 1. The summed E-state index contributed by atoms with van der Waals surface area (Å²) in [5.41, 5.74) is 2.03. The fourth-order valence-corrected chi connectivity index (χ4v) is 13.4. The predicted molar refractivity (Wildman–Crippen MR) is 85.5 cm³/mol. The highest BCUT2D eigenvalue weighted by Crippen LogP contribution is 2.28. The van der Waals surface area contributed by atoms with Crippen molar-refractivity contribution in [3.05, 3.63) is 11.3 Å². The van der Waals surface area contributed by atoms with Gasteiger partial charge in [0, 0.05) is 11.3 Å². The van der Waals surface area contributed by atoms with Crippen LogP contribution in [0.3, 0.4) is 0 Å². The van der Waals surface area contributed by atoms with Gasteiger partial charge < -0.3 is 4.23 Å². The normalized spacial score (nSPS) is 14.4. The average molecular weight is 290 g/mol. The molecule has 0 aliphatic rings. The number of carbonyl (C=O) groups is 1. The molecule has 0 spiro atoms. The molecule has 0 rings (SSSR count). The van der Waals surface area contributed by atoms with E-state index < -0.39 is 16.5 Å². The van der Waals surface area contributed by atoms with Gasteiger partial charge in [-0.1, -0.05) is 46.2 Å². The molecule has 0 atom stereocenters. The molecule has 0 aromatic carbocycles. The minimum absolute atomic E-state index is 0.0773. The summed E-state index contributed by atoms with van der Waals surface area (Å²) in [6.45, 7) is 18.1. The van der Waals surface area contributed by atoms with Crippen molar-refractivity contribution in [3.63, 3.8) is 0 Å². The first kappa shape index (κ1) is 17.0. The van der Waals surface area contributed by atoms with Gasteiger partial charge in [-0.2, -0.15) is 0 Å². The molecule has 0 saturated carbocycles. The van der Waals surface area contributed by atoms with Crippen molar-refractivity contribution in [2.45, 2.75) is 59.6 Å². The molecule has 0 N–H and O–H groups in total. The maximum absolute atomic E-state index is 11.6. The lowest BCUT2D eigenvalue weighted by atomic mass is 10.2. The lowest BCUT2D eigenvalue weighted by Gasteiger charge is -2.47. The monoisotopic (exact) mass is 289 g/mol. The first-order chi connectivity index (χ1) is 7.42. The highest BCUT2D eigenvalue weighted by atomic mass is 32.1. The zero-order valence-electron chi connectivity index (χ0n) is 12.5. The first-order valence-electron chi connectivity index (χ1n) is 6.16. The zero-order valence-corrected chi connectivity index (χ0v) is 15.4. The van der Waals surface area contributed by atoms with E-state index in [-0.39, 0.29) is 5.12 Å². The topological polar surface area (TPSA) is 20.3 Å². The third-order valence-electron chi connectivity index (χ3n) is 2.73. The van der Waals surface area contributed by atoms with Crippen molar-refractivity contribution in [1.82, 2.24) is 4.23 Å². The number of hydrogen-bond donors (Lipinski definition) is 1. The summed E-state index contributed by atoms with van der Waals surface area (Å²) in [4.78, 5) is 11.6. The SMILES string of the molecule is CC/C(C(=O)S)=C(\C)N([Si](C)(C)C)[Si](C)(C)C. The number of hydrogen-bond acceptors (Lipinski definition) is 2. The van der Waals surface area contributed by atoms with Gasteiger partial charge in [-0.3, -0.25) is 4.79 Å². The molecule has 0 aliphatic heterocycles. The Labute approximate surface area is 114 Å². The molecular formula is C12H27NOSSi2. The molecule has 5 heteroatoms. The number of thiol groups is 1. The largest absolute Gasteiger partial charge is 0.428 e. The molecular weight excluding hydrogens is 262 g/mol. The van der Waals surface area contributed by atoms with Crippen molar-refractivity contribution in [2.75, 3.05) is 0 Å². The Balaban J connectivity index is 5.73.